The Kier molecular flexibility index (Phi) is 7.12. The molecule has 0 bridgehead atoms. The quantitative estimate of drug-likeness (QED) is 0.265. The number of phenolic OH excluding ortho intramolecular Hbond substituents is 1. The number of aromatic hydroxyl groups is 2. The van der Waals surface area contributed by atoms with Crippen molar-refractivity contribution in [2.45, 2.75) is 6.42 Å². The highest BCUT2D eigenvalue weighted by atomic mass is 17.2. The number of aliphatic hydroxyl groups excluding tert-OH is 1. The smallest absolute Gasteiger partial charge is 0.376 e. The Morgan fingerprint density at radius 2 is 1.24 bits per heavy atom. The SMILES string of the molecule is CO.COOC(=O)c1cc2ccccc2c(Cc2c(O)c(C(=O)O)cc3ccccc23)c1O. The van der Waals surface area contributed by atoms with Gasteiger partial charge in [-0.3, -0.25) is 4.89 Å². The summed E-state index contributed by atoms with van der Waals surface area (Å²) in [7, 11) is 2.18. The Morgan fingerprint density at radius 3 is 1.73 bits per heavy atom. The number of carboxylic acids is 1. The number of aliphatic hydroxyl groups is 1. The fraction of sp³-hybridized carbons (Fsp3) is 0.120. The van der Waals surface area contributed by atoms with Crippen molar-refractivity contribution in [2.75, 3.05) is 14.2 Å². The molecule has 0 aliphatic heterocycles. The van der Waals surface area contributed by atoms with Crippen molar-refractivity contribution in [1.29, 1.82) is 0 Å². The number of hydrogen-bond donors (Lipinski definition) is 4. The predicted octanol–water partition coefficient (Wildman–Crippen LogP) is 4.02. The van der Waals surface area contributed by atoms with E-state index < -0.39 is 11.9 Å². The number of benzene rings is 4. The molecule has 8 heteroatoms. The molecule has 170 valence electrons. The number of carbonyl (C=O) groups is 2. The van der Waals surface area contributed by atoms with E-state index in [9.17, 15) is 24.9 Å². The normalized spacial score (nSPS) is 10.5. The third-order valence-electron chi connectivity index (χ3n) is 5.22. The van der Waals surface area contributed by atoms with Gasteiger partial charge in [0.15, 0.2) is 0 Å². The van der Waals surface area contributed by atoms with E-state index in [0.29, 0.717) is 32.7 Å². The first kappa shape index (κ1) is 23.5. The summed E-state index contributed by atoms with van der Waals surface area (Å²) in [5, 5.41) is 40.8. The lowest BCUT2D eigenvalue weighted by Gasteiger charge is -2.16. The van der Waals surface area contributed by atoms with Crippen molar-refractivity contribution >= 4 is 33.5 Å². The molecule has 4 rings (SSSR count). The zero-order chi connectivity index (χ0) is 24.1. The van der Waals surface area contributed by atoms with Crippen LogP contribution in [0.2, 0.25) is 0 Å². The number of aromatic carboxylic acids is 1. The van der Waals surface area contributed by atoms with E-state index in [1.165, 1.54) is 19.2 Å². The Bertz CT molecular complexity index is 1340. The predicted molar refractivity (Wildman–Crippen MR) is 122 cm³/mol. The molecule has 33 heavy (non-hydrogen) atoms. The Balaban J connectivity index is 0.00000149. The molecular weight excluding hydrogens is 428 g/mol. The van der Waals surface area contributed by atoms with E-state index in [1.54, 1.807) is 48.5 Å². The van der Waals surface area contributed by atoms with Gasteiger partial charge in [0.2, 0.25) is 0 Å². The number of rotatable bonds is 5. The summed E-state index contributed by atoms with van der Waals surface area (Å²) < 4.78 is 0. The molecule has 0 saturated carbocycles. The fourth-order valence-electron chi connectivity index (χ4n) is 3.80. The minimum atomic E-state index is -1.27. The number of carboxylic acid groups (broad SMARTS) is 1. The Hall–Kier alpha value is -4.14. The molecule has 0 aromatic heterocycles. The zero-order valence-electron chi connectivity index (χ0n) is 17.9. The molecule has 0 unspecified atom stereocenters. The highest BCUT2D eigenvalue weighted by molar-refractivity contribution is 6.02. The number of carbonyl (C=O) groups excluding carboxylic acids is 1. The van der Waals surface area contributed by atoms with Crippen LogP contribution < -0.4 is 0 Å². The van der Waals surface area contributed by atoms with Crippen LogP contribution in [0.5, 0.6) is 11.5 Å². The maximum atomic E-state index is 12.3. The second-order valence-corrected chi connectivity index (χ2v) is 6.96. The van der Waals surface area contributed by atoms with Crippen molar-refractivity contribution in [1.82, 2.24) is 0 Å². The van der Waals surface area contributed by atoms with Crippen LogP contribution in [0.15, 0.2) is 60.7 Å². The number of fused-ring (bicyclic) bond motifs is 2. The van der Waals surface area contributed by atoms with Crippen LogP contribution in [0.25, 0.3) is 21.5 Å². The van der Waals surface area contributed by atoms with Gasteiger partial charge in [0.05, 0.1) is 7.11 Å². The van der Waals surface area contributed by atoms with Gasteiger partial charge >= 0.3 is 11.9 Å². The highest BCUT2D eigenvalue weighted by Crippen LogP contribution is 2.38. The molecule has 0 aliphatic carbocycles. The molecule has 0 radical (unpaired) electrons. The van der Waals surface area contributed by atoms with Gasteiger partial charge < -0.3 is 20.4 Å². The van der Waals surface area contributed by atoms with E-state index in [2.05, 4.69) is 9.78 Å². The monoisotopic (exact) mass is 450 g/mol. The third kappa shape index (κ3) is 4.43. The van der Waals surface area contributed by atoms with Gasteiger partial charge in [0, 0.05) is 24.7 Å². The molecule has 4 aromatic carbocycles. The molecule has 0 atom stereocenters. The standard InChI is InChI=1S/C24H18O7.CH4O/c1-30-31-24(29)20-11-14-7-3-5-9-16(14)18(22(20)26)12-17-15-8-4-2-6-13(15)10-19(21(17)25)23(27)28;1-2/h2-11,25-26H,12H2,1H3,(H,27,28);2H,1H3. The molecule has 0 fully saturated rings. The third-order valence-corrected chi connectivity index (χ3v) is 5.22. The van der Waals surface area contributed by atoms with E-state index in [0.717, 1.165) is 7.11 Å². The van der Waals surface area contributed by atoms with Crippen LogP contribution >= 0.6 is 0 Å². The van der Waals surface area contributed by atoms with Gasteiger partial charge in [-0.05, 0) is 33.7 Å². The van der Waals surface area contributed by atoms with Gasteiger partial charge in [0.1, 0.15) is 22.6 Å². The van der Waals surface area contributed by atoms with Crippen LogP contribution in [-0.2, 0) is 16.2 Å². The molecule has 8 nitrogen and oxygen atoms in total. The Labute approximate surface area is 188 Å². The van der Waals surface area contributed by atoms with Crippen LogP contribution in [0, 0.1) is 0 Å². The molecule has 4 N–H and O–H groups in total. The van der Waals surface area contributed by atoms with Crippen molar-refractivity contribution in [3.05, 3.63) is 82.9 Å². The molecule has 0 spiro atoms. The van der Waals surface area contributed by atoms with E-state index >= 15 is 0 Å². The van der Waals surface area contributed by atoms with Gasteiger partial charge in [-0.25, -0.2) is 9.59 Å². The van der Waals surface area contributed by atoms with Crippen molar-refractivity contribution in [3.8, 4) is 11.5 Å². The highest BCUT2D eigenvalue weighted by Gasteiger charge is 2.23. The zero-order valence-corrected chi connectivity index (χ0v) is 17.9. The minimum Gasteiger partial charge on any atom is -0.507 e. The van der Waals surface area contributed by atoms with Gasteiger partial charge in [0.25, 0.3) is 0 Å². The average Bonchev–Trinajstić information content (AvgIpc) is 2.83. The largest absolute Gasteiger partial charge is 0.507 e. The molecule has 0 aliphatic rings. The first-order valence-corrected chi connectivity index (χ1v) is 9.82. The number of phenols is 2. The van der Waals surface area contributed by atoms with Crippen molar-refractivity contribution < 1.29 is 39.8 Å². The molecule has 0 saturated heterocycles. The summed E-state index contributed by atoms with van der Waals surface area (Å²) >= 11 is 0. The van der Waals surface area contributed by atoms with Crippen molar-refractivity contribution in [3.63, 3.8) is 0 Å². The van der Waals surface area contributed by atoms with Crippen LogP contribution in [0.3, 0.4) is 0 Å². The molecule has 0 amide bonds. The first-order valence-electron chi connectivity index (χ1n) is 9.82. The second-order valence-electron chi connectivity index (χ2n) is 6.96. The fourth-order valence-corrected chi connectivity index (χ4v) is 3.80. The van der Waals surface area contributed by atoms with Gasteiger partial charge in [-0.15, -0.1) is 0 Å². The molecular formula is C25H22O8. The average molecular weight is 450 g/mol. The van der Waals surface area contributed by atoms with Crippen LogP contribution in [-0.4, -0.2) is 46.6 Å². The summed E-state index contributed by atoms with van der Waals surface area (Å²) in [6.45, 7) is 0. The molecule has 4 aromatic rings. The topological polar surface area (TPSA) is 134 Å². The first-order chi connectivity index (χ1) is 15.9. The summed E-state index contributed by atoms with van der Waals surface area (Å²) in [5.41, 5.74) is 0.332. The van der Waals surface area contributed by atoms with Gasteiger partial charge in [-0.2, -0.15) is 4.89 Å². The lowest BCUT2D eigenvalue weighted by Crippen LogP contribution is -2.07. The maximum Gasteiger partial charge on any atom is 0.376 e. The second kappa shape index (κ2) is 9.99. The molecule has 0 heterocycles. The summed E-state index contributed by atoms with van der Waals surface area (Å²) in [6, 6.07) is 17.1. The summed E-state index contributed by atoms with van der Waals surface area (Å²) in [6.07, 6.45) is -0.0199. The van der Waals surface area contributed by atoms with Crippen LogP contribution in [0.4, 0.5) is 0 Å². The van der Waals surface area contributed by atoms with E-state index in [1.807, 2.05) is 0 Å². The summed E-state index contributed by atoms with van der Waals surface area (Å²) in [4.78, 5) is 33.0. The summed E-state index contributed by atoms with van der Waals surface area (Å²) in [5.74, 6) is -2.86. The van der Waals surface area contributed by atoms with E-state index in [-0.39, 0.29) is 29.0 Å². The van der Waals surface area contributed by atoms with Gasteiger partial charge in [-0.1, -0.05) is 48.5 Å². The minimum absolute atomic E-state index is 0.0199. The van der Waals surface area contributed by atoms with E-state index in [4.69, 9.17) is 5.11 Å². The number of hydrogen-bond acceptors (Lipinski definition) is 7. The lowest BCUT2D eigenvalue weighted by atomic mass is 9.90. The van der Waals surface area contributed by atoms with Crippen LogP contribution in [0.1, 0.15) is 31.8 Å². The lowest BCUT2D eigenvalue weighted by molar-refractivity contribution is -0.216. The van der Waals surface area contributed by atoms with Crippen molar-refractivity contribution in [2.24, 2.45) is 0 Å². The maximum absolute atomic E-state index is 12.3. The Morgan fingerprint density at radius 1 is 0.788 bits per heavy atom.